The molecular formula is C9H12N2O4S. The van der Waals surface area contributed by atoms with E-state index < -0.39 is 27.6 Å². The summed E-state index contributed by atoms with van der Waals surface area (Å²) in [5, 5.41) is 8.54. The first-order valence-corrected chi connectivity index (χ1v) is 6.05. The van der Waals surface area contributed by atoms with Gasteiger partial charge in [0.2, 0.25) is 0 Å². The number of hydrogen-bond acceptors (Lipinski definition) is 5. The quantitative estimate of drug-likeness (QED) is 0.611. The average molecular weight is 244 g/mol. The normalized spacial score (nSPS) is 13.3. The molecule has 0 aliphatic carbocycles. The number of carboxylic acid groups (broad SMARTS) is 1. The summed E-state index contributed by atoms with van der Waals surface area (Å²) in [5.74, 6) is -2.03. The first kappa shape index (κ1) is 12.5. The molecule has 0 aliphatic heterocycles. The Labute approximate surface area is 92.8 Å². The predicted octanol–water partition coefficient (Wildman–Crippen LogP) is -0.546. The number of para-hydroxylation sites is 1. The molecule has 0 radical (unpaired) electrons. The lowest BCUT2D eigenvalue weighted by molar-refractivity contribution is -0.137. The third kappa shape index (κ3) is 2.71. The lowest BCUT2D eigenvalue weighted by Crippen LogP contribution is -2.37. The van der Waals surface area contributed by atoms with Crippen LogP contribution in [0.25, 0.3) is 0 Å². The number of nitrogens with two attached hydrogens (primary N) is 2. The fourth-order valence-corrected chi connectivity index (χ4v) is 2.67. The smallest absolute Gasteiger partial charge is 0.321 e. The molecule has 0 unspecified atom stereocenters. The van der Waals surface area contributed by atoms with Gasteiger partial charge in [-0.2, -0.15) is 0 Å². The molecule has 0 saturated carbocycles. The van der Waals surface area contributed by atoms with Crippen LogP contribution in [0.5, 0.6) is 0 Å². The molecule has 1 atom stereocenters. The highest BCUT2D eigenvalue weighted by molar-refractivity contribution is 7.91. The third-order valence-corrected chi connectivity index (χ3v) is 3.81. The number of hydrogen-bond donors (Lipinski definition) is 3. The lowest BCUT2D eigenvalue weighted by atomic mass is 10.3. The molecule has 0 saturated heterocycles. The van der Waals surface area contributed by atoms with Crippen molar-refractivity contribution in [1.82, 2.24) is 0 Å². The highest BCUT2D eigenvalue weighted by Gasteiger charge is 2.24. The van der Waals surface area contributed by atoms with E-state index in [1.165, 1.54) is 18.2 Å². The van der Waals surface area contributed by atoms with Gasteiger partial charge in [0.15, 0.2) is 9.84 Å². The van der Waals surface area contributed by atoms with Gasteiger partial charge in [0, 0.05) is 0 Å². The number of carbonyl (C=O) groups is 1. The van der Waals surface area contributed by atoms with E-state index in [1.54, 1.807) is 6.07 Å². The van der Waals surface area contributed by atoms with Gasteiger partial charge in [0.25, 0.3) is 0 Å². The van der Waals surface area contributed by atoms with Crippen LogP contribution in [0.2, 0.25) is 0 Å². The molecule has 0 spiro atoms. The number of nitrogen functional groups attached to an aromatic ring is 1. The summed E-state index contributed by atoms with van der Waals surface area (Å²) < 4.78 is 23.5. The van der Waals surface area contributed by atoms with Crippen LogP contribution in [-0.2, 0) is 14.6 Å². The van der Waals surface area contributed by atoms with Gasteiger partial charge in [0.05, 0.1) is 16.3 Å². The SMILES string of the molecule is Nc1ccccc1S(=O)(=O)C[C@@H](N)C(=O)O. The van der Waals surface area contributed by atoms with Gasteiger partial charge in [-0.15, -0.1) is 0 Å². The number of carboxylic acids is 1. The van der Waals surface area contributed by atoms with E-state index in [2.05, 4.69) is 0 Å². The van der Waals surface area contributed by atoms with Crippen molar-refractivity contribution in [1.29, 1.82) is 0 Å². The van der Waals surface area contributed by atoms with Crippen molar-refractivity contribution in [2.75, 3.05) is 11.5 Å². The standard InChI is InChI=1S/C9H12N2O4S/c10-6-3-1-2-4-8(6)16(14,15)5-7(11)9(12)13/h1-4,7H,5,10-11H2,(H,12,13)/t7-/m1/s1. The molecule has 6 nitrogen and oxygen atoms in total. The molecule has 5 N–H and O–H groups in total. The van der Waals surface area contributed by atoms with Gasteiger partial charge in [-0.3, -0.25) is 4.79 Å². The van der Waals surface area contributed by atoms with E-state index in [-0.39, 0.29) is 10.6 Å². The van der Waals surface area contributed by atoms with Crippen LogP contribution in [0.1, 0.15) is 0 Å². The number of sulfone groups is 1. The van der Waals surface area contributed by atoms with Gasteiger partial charge < -0.3 is 16.6 Å². The maximum absolute atomic E-state index is 11.7. The minimum atomic E-state index is -3.77. The van der Waals surface area contributed by atoms with Crippen LogP contribution in [0, 0.1) is 0 Å². The Morgan fingerprint density at radius 3 is 2.44 bits per heavy atom. The van der Waals surface area contributed by atoms with Gasteiger partial charge in [0.1, 0.15) is 6.04 Å². The maximum atomic E-state index is 11.7. The van der Waals surface area contributed by atoms with Crippen LogP contribution in [0.4, 0.5) is 5.69 Å². The van der Waals surface area contributed by atoms with Crippen molar-refractivity contribution >= 4 is 21.5 Å². The van der Waals surface area contributed by atoms with Gasteiger partial charge in [-0.25, -0.2) is 8.42 Å². The Balaban J connectivity index is 3.04. The Hall–Kier alpha value is -1.60. The summed E-state index contributed by atoms with van der Waals surface area (Å²) in [6.45, 7) is 0. The summed E-state index contributed by atoms with van der Waals surface area (Å²) >= 11 is 0. The molecule has 1 rings (SSSR count). The van der Waals surface area contributed by atoms with Crippen molar-refractivity contribution < 1.29 is 18.3 Å². The Bertz CT molecular complexity index is 498. The van der Waals surface area contributed by atoms with Gasteiger partial charge >= 0.3 is 5.97 Å². The van der Waals surface area contributed by atoms with Crippen molar-refractivity contribution in [2.24, 2.45) is 5.73 Å². The molecule has 1 aromatic carbocycles. The van der Waals surface area contributed by atoms with Crippen LogP contribution in [0.15, 0.2) is 29.2 Å². The van der Waals surface area contributed by atoms with Gasteiger partial charge in [-0.05, 0) is 12.1 Å². The molecule has 0 fully saturated rings. The molecule has 0 bridgehead atoms. The summed E-state index contributed by atoms with van der Waals surface area (Å²) in [7, 11) is -3.77. The largest absolute Gasteiger partial charge is 0.480 e. The molecular weight excluding hydrogens is 232 g/mol. The van der Waals surface area contributed by atoms with Crippen molar-refractivity contribution in [3.05, 3.63) is 24.3 Å². The Kier molecular flexibility index (Phi) is 3.51. The highest BCUT2D eigenvalue weighted by Crippen LogP contribution is 2.19. The summed E-state index contributed by atoms with van der Waals surface area (Å²) in [5.41, 5.74) is 10.7. The number of aliphatic carboxylic acids is 1. The van der Waals surface area contributed by atoms with Crippen molar-refractivity contribution in [2.45, 2.75) is 10.9 Å². The molecule has 0 amide bonds. The van der Waals surface area contributed by atoms with Crippen LogP contribution < -0.4 is 11.5 Å². The second-order valence-electron chi connectivity index (χ2n) is 3.26. The first-order chi connectivity index (χ1) is 7.34. The molecule has 0 heterocycles. The Morgan fingerprint density at radius 1 is 1.38 bits per heavy atom. The highest BCUT2D eigenvalue weighted by atomic mass is 32.2. The number of rotatable bonds is 4. The second-order valence-corrected chi connectivity index (χ2v) is 5.27. The zero-order valence-electron chi connectivity index (χ0n) is 8.33. The average Bonchev–Trinajstić information content (AvgIpc) is 2.17. The molecule has 1 aromatic rings. The fourth-order valence-electron chi connectivity index (χ4n) is 1.16. The van der Waals surface area contributed by atoms with E-state index in [1.807, 2.05) is 0 Å². The third-order valence-electron chi connectivity index (χ3n) is 1.97. The van der Waals surface area contributed by atoms with Crippen molar-refractivity contribution in [3.63, 3.8) is 0 Å². The Morgan fingerprint density at radius 2 is 1.94 bits per heavy atom. The fraction of sp³-hybridized carbons (Fsp3) is 0.222. The monoisotopic (exact) mass is 244 g/mol. The van der Waals surface area contributed by atoms with Crippen LogP contribution in [-0.4, -0.2) is 31.3 Å². The lowest BCUT2D eigenvalue weighted by Gasteiger charge is -2.09. The van der Waals surface area contributed by atoms with Crippen molar-refractivity contribution in [3.8, 4) is 0 Å². The summed E-state index contributed by atoms with van der Waals surface area (Å²) in [6.07, 6.45) is 0. The molecule has 16 heavy (non-hydrogen) atoms. The molecule has 88 valence electrons. The van der Waals surface area contributed by atoms with Crippen LogP contribution >= 0.6 is 0 Å². The van der Waals surface area contributed by atoms with E-state index in [0.29, 0.717) is 0 Å². The minimum Gasteiger partial charge on any atom is -0.480 e. The van der Waals surface area contributed by atoms with E-state index in [9.17, 15) is 13.2 Å². The van der Waals surface area contributed by atoms with E-state index in [0.717, 1.165) is 0 Å². The topological polar surface area (TPSA) is 123 Å². The first-order valence-electron chi connectivity index (χ1n) is 4.40. The van der Waals surface area contributed by atoms with Crippen LogP contribution in [0.3, 0.4) is 0 Å². The molecule has 0 aliphatic rings. The summed E-state index contributed by atoms with van der Waals surface area (Å²) in [6, 6.07) is 4.39. The number of benzene rings is 1. The zero-order valence-corrected chi connectivity index (χ0v) is 9.15. The van der Waals surface area contributed by atoms with Gasteiger partial charge in [-0.1, -0.05) is 12.1 Å². The molecule has 0 aromatic heterocycles. The maximum Gasteiger partial charge on any atom is 0.321 e. The second kappa shape index (κ2) is 4.50. The number of anilines is 1. The zero-order chi connectivity index (χ0) is 12.3. The van der Waals surface area contributed by atoms with E-state index >= 15 is 0 Å². The summed E-state index contributed by atoms with van der Waals surface area (Å²) in [4.78, 5) is 10.4. The predicted molar refractivity (Wildman–Crippen MR) is 58.5 cm³/mol. The van der Waals surface area contributed by atoms with E-state index in [4.69, 9.17) is 16.6 Å². The molecule has 7 heteroatoms. The minimum absolute atomic E-state index is 0.0834.